The van der Waals surface area contributed by atoms with Crippen LogP contribution < -0.4 is 16.0 Å². The first-order chi connectivity index (χ1) is 10.1. The molecule has 0 saturated carbocycles. The zero-order valence-corrected chi connectivity index (χ0v) is 13.7. The lowest BCUT2D eigenvalue weighted by atomic mass is 9.98. The predicted octanol–water partition coefficient (Wildman–Crippen LogP) is 4.00. The Bertz CT molecular complexity index is 639. The van der Waals surface area contributed by atoms with Crippen molar-refractivity contribution in [2.45, 2.75) is 12.5 Å². The molecule has 0 fully saturated rings. The molecule has 2 aromatic rings. The molecule has 0 bridgehead atoms. The molecule has 0 aliphatic carbocycles. The van der Waals surface area contributed by atoms with Gasteiger partial charge in [0.2, 0.25) is 0 Å². The third kappa shape index (κ3) is 3.74. The summed E-state index contributed by atoms with van der Waals surface area (Å²) in [6.07, 6.45) is 0.469. The summed E-state index contributed by atoms with van der Waals surface area (Å²) in [6, 6.07) is 10.1. The number of rotatable bonds is 5. The fourth-order valence-electron chi connectivity index (χ4n) is 2.17. The van der Waals surface area contributed by atoms with Crippen LogP contribution >= 0.6 is 27.5 Å². The van der Waals surface area contributed by atoms with Crippen LogP contribution in [0, 0.1) is 5.82 Å². The van der Waals surface area contributed by atoms with Gasteiger partial charge in [-0.3, -0.25) is 11.3 Å². The van der Waals surface area contributed by atoms with Crippen LogP contribution in [0.3, 0.4) is 0 Å². The van der Waals surface area contributed by atoms with Crippen molar-refractivity contribution in [3.8, 4) is 5.75 Å². The van der Waals surface area contributed by atoms with E-state index in [4.69, 9.17) is 22.2 Å². The molecule has 3 N–H and O–H groups in total. The summed E-state index contributed by atoms with van der Waals surface area (Å²) in [5, 5.41) is 0.0777. The van der Waals surface area contributed by atoms with Gasteiger partial charge in [-0.1, -0.05) is 39.7 Å². The van der Waals surface area contributed by atoms with E-state index in [2.05, 4.69) is 21.4 Å². The summed E-state index contributed by atoms with van der Waals surface area (Å²) in [5.41, 5.74) is 3.97. The molecule has 0 radical (unpaired) electrons. The molecule has 3 nitrogen and oxygen atoms in total. The van der Waals surface area contributed by atoms with Gasteiger partial charge in [0, 0.05) is 10.0 Å². The average molecular weight is 374 g/mol. The zero-order chi connectivity index (χ0) is 15.4. The van der Waals surface area contributed by atoms with Gasteiger partial charge in [0.15, 0.2) is 0 Å². The number of nitrogens with two attached hydrogens (primary N) is 1. The number of hydrogen-bond acceptors (Lipinski definition) is 3. The maximum absolute atomic E-state index is 14.1. The Labute approximate surface area is 136 Å². The maximum atomic E-state index is 14.1. The first-order valence-corrected chi connectivity index (χ1v) is 7.46. The summed E-state index contributed by atoms with van der Waals surface area (Å²) in [5.74, 6) is 5.85. The third-order valence-corrected chi connectivity index (χ3v) is 4.01. The fourth-order valence-corrected chi connectivity index (χ4v) is 2.77. The molecule has 0 heterocycles. The van der Waals surface area contributed by atoms with Gasteiger partial charge in [-0.15, -0.1) is 0 Å². The minimum atomic E-state index is -0.462. The lowest BCUT2D eigenvalue weighted by Gasteiger charge is -2.19. The molecule has 0 aromatic heterocycles. The number of hydrogen-bond donors (Lipinski definition) is 2. The lowest BCUT2D eigenvalue weighted by Crippen LogP contribution is -2.30. The molecule has 0 aliphatic heterocycles. The number of benzene rings is 2. The van der Waals surface area contributed by atoms with Crippen LogP contribution in [0.2, 0.25) is 5.02 Å². The number of nitrogens with one attached hydrogen (secondary N) is 1. The van der Waals surface area contributed by atoms with E-state index < -0.39 is 11.9 Å². The van der Waals surface area contributed by atoms with E-state index >= 15 is 0 Å². The van der Waals surface area contributed by atoms with E-state index in [1.807, 2.05) is 18.2 Å². The first-order valence-electron chi connectivity index (χ1n) is 6.29. The molecule has 0 amide bonds. The highest BCUT2D eigenvalue weighted by atomic mass is 79.9. The number of halogens is 3. The van der Waals surface area contributed by atoms with Crippen molar-refractivity contribution in [1.29, 1.82) is 0 Å². The summed E-state index contributed by atoms with van der Waals surface area (Å²) in [6.45, 7) is 0. The molecule has 0 aliphatic rings. The maximum Gasteiger partial charge on any atom is 0.146 e. The van der Waals surface area contributed by atoms with Gasteiger partial charge < -0.3 is 4.74 Å². The monoisotopic (exact) mass is 372 g/mol. The van der Waals surface area contributed by atoms with Gasteiger partial charge >= 0.3 is 0 Å². The largest absolute Gasteiger partial charge is 0.496 e. The van der Waals surface area contributed by atoms with Gasteiger partial charge in [-0.2, -0.15) is 0 Å². The number of hydrazine groups is 1. The number of ether oxygens (including phenoxy) is 1. The molecular weight excluding hydrogens is 359 g/mol. The van der Waals surface area contributed by atoms with Crippen molar-refractivity contribution in [2.24, 2.45) is 5.84 Å². The molecule has 0 spiro atoms. The van der Waals surface area contributed by atoms with Crippen molar-refractivity contribution in [3.63, 3.8) is 0 Å². The SMILES string of the molecule is COc1ccc(Br)cc1CC(NN)c1cccc(Cl)c1F. The molecule has 1 unspecified atom stereocenters. The highest BCUT2D eigenvalue weighted by molar-refractivity contribution is 9.10. The fraction of sp³-hybridized carbons (Fsp3) is 0.200. The van der Waals surface area contributed by atoms with Crippen molar-refractivity contribution >= 4 is 27.5 Å². The van der Waals surface area contributed by atoms with Gasteiger partial charge in [0.25, 0.3) is 0 Å². The molecule has 6 heteroatoms. The highest BCUT2D eigenvalue weighted by Crippen LogP contribution is 2.30. The number of methoxy groups -OCH3 is 1. The highest BCUT2D eigenvalue weighted by Gasteiger charge is 2.18. The van der Waals surface area contributed by atoms with Gasteiger partial charge in [0.05, 0.1) is 18.2 Å². The predicted molar refractivity (Wildman–Crippen MR) is 85.9 cm³/mol. The summed E-state index contributed by atoms with van der Waals surface area (Å²) in [7, 11) is 1.59. The van der Waals surface area contributed by atoms with Crippen molar-refractivity contribution in [3.05, 3.63) is 62.8 Å². The zero-order valence-electron chi connectivity index (χ0n) is 11.4. The van der Waals surface area contributed by atoms with E-state index in [0.717, 1.165) is 15.8 Å². The third-order valence-electron chi connectivity index (χ3n) is 3.22. The lowest BCUT2D eigenvalue weighted by molar-refractivity contribution is 0.404. The molecule has 112 valence electrons. The summed E-state index contributed by atoms with van der Waals surface area (Å²) in [4.78, 5) is 0. The molecular formula is C15H15BrClFN2O. The smallest absolute Gasteiger partial charge is 0.146 e. The van der Waals surface area contributed by atoms with Gasteiger partial charge in [-0.25, -0.2) is 4.39 Å². The first kappa shape index (κ1) is 16.2. The Hall–Kier alpha value is -1.14. The molecule has 0 saturated heterocycles. The van der Waals surface area contributed by atoms with Crippen LogP contribution in [-0.4, -0.2) is 7.11 Å². The van der Waals surface area contributed by atoms with E-state index in [-0.39, 0.29) is 5.02 Å². The van der Waals surface area contributed by atoms with Crippen LogP contribution in [-0.2, 0) is 6.42 Å². The minimum Gasteiger partial charge on any atom is -0.496 e. The van der Waals surface area contributed by atoms with Crippen molar-refractivity contribution in [2.75, 3.05) is 7.11 Å². The Balaban J connectivity index is 2.35. The van der Waals surface area contributed by atoms with E-state index in [9.17, 15) is 4.39 Å². The second-order valence-corrected chi connectivity index (χ2v) is 5.85. The molecule has 21 heavy (non-hydrogen) atoms. The Morgan fingerprint density at radius 1 is 1.38 bits per heavy atom. The summed E-state index contributed by atoms with van der Waals surface area (Å²) >= 11 is 9.24. The Morgan fingerprint density at radius 3 is 2.81 bits per heavy atom. The van der Waals surface area contributed by atoms with E-state index in [0.29, 0.717) is 12.0 Å². The van der Waals surface area contributed by atoms with Crippen molar-refractivity contribution < 1.29 is 9.13 Å². The average Bonchev–Trinajstić information content (AvgIpc) is 2.48. The quantitative estimate of drug-likeness (QED) is 0.615. The topological polar surface area (TPSA) is 47.3 Å². The van der Waals surface area contributed by atoms with Crippen LogP contribution in [0.5, 0.6) is 5.75 Å². The standard InChI is InChI=1S/C15H15BrClFN2O/c1-21-14-6-5-10(16)7-9(14)8-13(20-19)11-3-2-4-12(17)15(11)18/h2-7,13,20H,8,19H2,1H3. The van der Waals surface area contributed by atoms with Crippen molar-refractivity contribution in [1.82, 2.24) is 5.43 Å². The summed E-state index contributed by atoms with van der Waals surface area (Å²) < 4.78 is 20.4. The molecule has 1 atom stereocenters. The molecule has 2 rings (SSSR count). The van der Waals surface area contributed by atoms with Crippen LogP contribution in [0.25, 0.3) is 0 Å². The second kappa shape index (κ2) is 7.22. The van der Waals surface area contributed by atoms with Gasteiger partial charge in [0.1, 0.15) is 11.6 Å². The normalized spacial score (nSPS) is 12.2. The van der Waals surface area contributed by atoms with Crippen LogP contribution in [0.4, 0.5) is 4.39 Å². The Kier molecular flexibility index (Phi) is 5.58. The second-order valence-electron chi connectivity index (χ2n) is 4.52. The Morgan fingerprint density at radius 2 is 2.14 bits per heavy atom. The van der Waals surface area contributed by atoms with Gasteiger partial charge in [-0.05, 0) is 36.2 Å². The minimum absolute atomic E-state index is 0.0777. The van der Waals surface area contributed by atoms with Crippen LogP contribution in [0.15, 0.2) is 40.9 Å². The molecule has 2 aromatic carbocycles. The van der Waals surface area contributed by atoms with E-state index in [1.54, 1.807) is 19.2 Å². The van der Waals surface area contributed by atoms with Crippen LogP contribution in [0.1, 0.15) is 17.2 Å². The van der Waals surface area contributed by atoms with E-state index in [1.165, 1.54) is 6.07 Å².